The minimum absolute atomic E-state index is 0.0211. The summed E-state index contributed by atoms with van der Waals surface area (Å²) in [5.41, 5.74) is 1.47. The molecule has 0 spiro atoms. The van der Waals surface area contributed by atoms with Crippen molar-refractivity contribution < 1.29 is 14.0 Å². The van der Waals surface area contributed by atoms with Crippen molar-refractivity contribution in [1.29, 1.82) is 0 Å². The highest BCUT2D eigenvalue weighted by molar-refractivity contribution is 7.98. The van der Waals surface area contributed by atoms with Crippen LogP contribution in [0.3, 0.4) is 0 Å². The molecule has 30 heavy (non-hydrogen) atoms. The molecular formula is C22H24N4O3S. The van der Waals surface area contributed by atoms with Crippen LogP contribution < -0.4 is 5.32 Å². The van der Waals surface area contributed by atoms with Crippen LogP contribution in [-0.2, 0) is 0 Å². The maximum absolute atomic E-state index is 13.2. The Balaban J connectivity index is 1.43. The second-order valence-corrected chi connectivity index (χ2v) is 8.02. The molecule has 7 nitrogen and oxygen atoms in total. The average Bonchev–Trinajstić information content (AvgIpc) is 3.40. The van der Waals surface area contributed by atoms with Gasteiger partial charge in [-0.05, 0) is 50.3 Å². The predicted molar refractivity (Wildman–Crippen MR) is 115 cm³/mol. The molecule has 1 N–H and O–H groups in total. The number of aryl methyl sites for hydroxylation is 1. The zero-order chi connectivity index (χ0) is 21.1. The Bertz CT molecular complexity index is 1040. The highest BCUT2D eigenvalue weighted by Crippen LogP contribution is 2.24. The van der Waals surface area contributed by atoms with Crippen molar-refractivity contribution in [3.8, 4) is 5.69 Å². The molecule has 8 heteroatoms. The van der Waals surface area contributed by atoms with E-state index in [1.165, 1.54) is 11.8 Å². The smallest absolute Gasteiger partial charge is 0.287 e. The van der Waals surface area contributed by atoms with E-state index in [1.807, 2.05) is 53.0 Å². The average molecular weight is 425 g/mol. The molecule has 1 saturated heterocycles. The summed E-state index contributed by atoms with van der Waals surface area (Å²) in [7, 11) is 0. The first-order chi connectivity index (χ1) is 14.6. The molecule has 1 fully saturated rings. The van der Waals surface area contributed by atoms with Crippen LogP contribution in [-0.4, -0.2) is 51.7 Å². The Morgan fingerprint density at radius 2 is 1.87 bits per heavy atom. The summed E-state index contributed by atoms with van der Waals surface area (Å²) < 4.78 is 7.29. The lowest BCUT2D eigenvalue weighted by molar-refractivity contribution is 0.0687. The third-order valence-corrected chi connectivity index (χ3v) is 5.88. The molecule has 0 aliphatic carbocycles. The number of hydrogen-bond acceptors (Lipinski definition) is 5. The van der Waals surface area contributed by atoms with E-state index in [1.54, 1.807) is 18.3 Å². The third-order valence-electron chi connectivity index (χ3n) is 5.23. The molecule has 3 aromatic rings. The minimum atomic E-state index is -0.209. The summed E-state index contributed by atoms with van der Waals surface area (Å²) in [6.45, 7) is 2.97. The number of carbonyl (C=O) groups excluding carboxylic acids is 2. The van der Waals surface area contributed by atoms with Crippen molar-refractivity contribution in [2.75, 3.05) is 19.3 Å². The Kier molecular flexibility index (Phi) is 5.94. The number of benzene rings is 1. The van der Waals surface area contributed by atoms with E-state index >= 15 is 0 Å². The van der Waals surface area contributed by atoms with Gasteiger partial charge in [-0.3, -0.25) is 14.2 Å². The van der Waals surface area contributed by atoms with Gasteiger partial charge in [-0.15, -0.1) is 0 Å². The SMILES string of the molecule is CSc1ncc(C(=O)N2CCC(NC(=O)c3ccc(C)o3)CC2)n1-c1ccccc1. The van der Waals surface area contributed by atoms with Gasteiger partial charge in [0.15, 0.2) is 10.9 Å². The Labute approximate surface area is 179 Å². The summed E-state index contributed by atoms with van der Waals surface area (Å²) in [6, 6.07) is 13.3. The highest BCUT2D eigenvalue weighted by Gasteiger charge is 2.28. The summed E-state index contributed by atoms with van der Waals surface area (Å²) in [4.78, 5) is 31.8. The van der Waals surface area contributed by atoms with Crippen LogP contribution >= 0.6 is 11.8 Å². The molecule has 1 aromatic carbocycles. The van der Waals surface area contributed by atoms with Crippen LogP contribution in [0.25, 0.3) is 5.69 Å². The van der Waals surface area contributed by atoms with Crippen LogP contribution in [0.2, 0.25) is 0 Å². The van der Waals surface area contributed by atoms with Crippen molar-refractivity contribution in [3.05, 3.63) is 65.9 Å². The van der Waals surface area contributed by atoms with Crippen LogP contribution in [0, 0.1) is 6.92 Å². The van der Waals surface area contributed by atoms with E-state index in [2.05, 4.69) is 10.3 Å². The fourth-order valence-electron chi connectivity index (χ4n) is 3.66. The molecular weight excluding hydrogens is 400 g/mol. The number of furan rings is 1. The standard InChI is InChI=1S/C22H24N4O3S/c1-15-8-9-19(29-15)20(27)24-16-10-12-25(13-11-16)21(28)18-14-23-22(30-2)26(18)17-6-4-3-5-7-17/h3-9,14,16H,10-13H2,1-2H3,(H,24,27). The molecule has 0 radical (unpaired) electrons. The second-order valence-electron chi connectivity index (χ2n) is 7.25. The lowest BCUT2D eigenvalue weighted by atomic mass is 10.0. The number of piperidine rings is 1. The van der Waals surface area contributed by atoms with Crippen molar-refractivity contribution >= 4 is 23.6 Å². The van der Waals surface area contributed by atoms with Gasteiger partial charge in [-0.1, -0.05) is 30.0 Å². The number of imidazole rings is 1. The van der Waals surface area contributed by atoms with E-state index < -0.39 is 0 Å². The molecule has 0 unspecified atom stereocenters. The number of hydrogen-bond donors (Lipinski definition) is 1. The first-order valence-corrected chi connectivity index (χ1v) is 11.1. The number of carbonyl (C=O) groups is 2. The summed E-state index contributed by atoms with van der Waals surface area (Å²) >= 11 is 1.51. The number of likely N-dealkylation sites (tertiary alicyclic amines) is 1. The maximum Gasteiger partial charge on any atom is 0.287 e. The summed E-state index contributed by atoms with van der Waals surface area (Å²) in [5.74, 6) is 0.778. The van der Waals surface area contributed by atoms with Crippen LogP contribution in [0.4, 0.5) is 0 Å². The van der Waals surface area contributed by atoms with E-state index in [0.29, 0.717) is 43.1 Å². The van der Waals surface area contributed by atoms with Gasteiger partial charge in [0.1, 0.15) is 11.5 Å². The van der Waals surface area contributed by atoms with Crippen molar-refractivity contribution in [2.45, 2.75) is 31.0 Å². The highest BCUT2D eigenvalue weighted by atomic mass is 32.2. The third kappa shape index (κ3) is 4.14. The van der Waals surface area contributed by atoms with Gasteiger partial charge in [-0.25, -0.2) is 4.98 Å². The topological polar surface area (TPSA) is 80.4 Å². The van der Waals surface area contributed by atoms with Gasteiger partial charge in [0.2, 0.25) is 0 Å². The largest absolute Gasteiger partial charge is 0.456 e. The van der Waals surface area contributed by atoms with Gasteiger partial charge >= 0.3 is 0 Å². The minimum Gasteiger partial charge on any atom is -0.456 e. The molecule has 2 aromatic heterocycles. The molecule has 1 aliphatic rings. The fraction of sp³-hybridized carbons (Fsp3) is 0.318. The van der Waals surface area contributed by atoms with Crippen molar-refractivity contribution in [3.63, 3.8) is 0 Å². The predicted octanol–water partition coefficient (Wildman–Crippen LogP) is 3.53. The lowest BCUT2D eigenvalue weighted by Gasteiger charge is -2.32. The fourth-order valence-corrected chi connectivity index (χ4v) is 4.20. The van der Waals surface area contributed by atoms with Crippen LogP contribution in [0.5, 0.6) is 0 Å². The monoisotopic (exact) mass is 424 g/mol. The van der Waals surface area contributed by atoms with Gasteiger partial charge in [0.05, 0.1) is 6.20 Å². The van der Waals surface area contributed by atoms with Gasteiger partial charge < -0.3 is 14.6 Å². The number of aromatic nitrogens is 2. The summed E-state index contributed by atoms with van der Waals surface area (Å²) in [5, 5.41) is 3.78. The normalized spacial score (nSPS) is 14.7. The van der Waals surface area contributed by atoms with E-state index in [0.717, 1.165) is 10.8 Å². The molecule has 1 aliphatic heterocycles. The maximum atomic E-state index is 13.2. The quantitative estimate of drug-likeness (QED) is 0.634. The number of rotatable bonds is 5. The Hall–Kier alpha value is -3.00. The number of thioether (sulfide) groups is 1. The lowest BCUT2D eigenvalue weighted by Crippen LogP contribution is -2.46. The molecule has 4 rings (SSSR count). The number of para-hydroxylation sites is 1. The molecule has 156 valence electrons. The second kappa shape index (κ2) is 8.79. The van der Waals surface area contributed by atoms with E-state index in [9.17, 15) is 9.59 Å². The van der Waals surface area contributed by atoms with Crippen molar-refractivity contribution in [2.24, 2.45) is 0 Å². The Morgan fingerprint density at radius 3 is 2.50 bits per heavy atom. The Morgan fingerprint density at radius 1 is 1.13 bits per heavy atom. The van der Waals surface area contributed by atoms with Crippen LogP contribution in [0.1, 0.15) is 39.6 Å². The number of nitrogens with zero attached hydrogens (tertiary/aromatic N) is 3. The van der Waals surface area contributed by atoms with Gasteiger partial charge in [0.25, 0.3) is 11.8 Å². The van der Waals surface area contributed by atoms with Crippen molar-refractivity contribution in [1.82, 2.24) is 19.8 Å². The van der Waals surface area contributed by atoms with Crippen LogP contribution in [0.15, 0.2) is 58.2 Å². The molecule has 3 heterocycles. The zero-order valence-corrected chi connectivity index (χ0v) is 17.8. The molecule has 0 atom stereocenters. The van der Waals surface area contributed by atoms with E-state index in [4.69, 9.17) is 4.42 Å². The zero-order valence-electron chi connectivity index (χ0n) is 17.0. The molecule has 0 bridgehead atoms. The van der Waals surface area contributed by atoms with Gasteiger partial charge in [0, 0.05) is 24.8 Å². The summed E-state index contributed by atoms with van der Waals surface area (Å²) in [6.07, 6.45) is 5.00. The van der Waals surface area contributed by atoms with E-state index in [-0.39, 0.29) is 17.9 Å². The molecule has 0 saturated carbocycles. The number of nitrogens with one attached hydrogen (secondary N) is 1. The van der Waals surface area contributed by atoms with Gasteiger partial charge in [-0.2, -0.15) is 0 Å². The number of amides is 2. The molecule has 2 amide bonds. The first-order valence-electron chi connectivity index (χ1n) is 9.90. The first kappa shape index (κ1) is 20.3.